The molecule has 1 heterocycles. The zero-order chi connectivity index (χ0) is 11.5. The van der Waals surface area contributed by atoms with E-state index in [9.17, 15) is 4.39 Å². The fraction of sp³-hybridized carbons (Fsp3) is 0.200. The van der Waals surface area contributed by atoms with Gasteiger partial charge >= 0.3 is 6.01 Å². The van der Waals surface area contributed by atoms with Crippen molar-refractivity contribution in [2.45, 2.75) is 12.8 Å². The molecule has 2 rings (SSSR count). The monoisotopic (exact) mass is 241 g/mol. The standard InChI is InChI=1S/C10H9ClFN3O/c1-6-2-7(12)4-8(3-6)13-10-15-14-9(5-11)16-10/h2-4H,5H2,1H3,(H,13,15). The predicted molar refractivity (Wildman–Crippen MR) is 58.3 cm³/mol. The number of aromatic nitrogens is 2. The lowest BCUT2D eigenvalue weighted by molar-refractivity contribution is 0.530. The van der Waals surface area contributed by atoms with E-state index in [-0.39, 0.29) is 17.7 Å². The summed E-state index contributed by atoms with van der Waals surface area (Å²) in [6.45, 7) is 1.80. The van der Waals surface area contributed by atoms with Crippen LogP contribution in [0.15, 0.2) is 22.6 Å². The highest BCUT2D eigenvalue weighted by Crippen LogP contribution is 2.18. The molecule has 1 N–H and O–H groups in total. The quantitative estimate of drug-likeness (QED) is 0.840. The molecule has 6 heteroatoms. The number of benzene rings is 1. The SMILES string of the molecule is Cc1cc(F)cc(Nc2nnc(CCl)o2)c1. The Morgan fingerprint density at radius 2 is 2.19 bits per heavy atom. The number of nitrogens with one attached hydrogen (secondary N) is 1. The number of hydrogen-bond donors (Lipinski definition) is 1. The number of halogens is 2. The Kier molecular flexibility index (Phi) is 3.05. The zero-order valence-corrected chi connectivity index (χ0v) is 9.25. The van der Waals surface area contributed by atoms with Crippen LogP contribution in [0.2, 0.25) is 0 Å². The van der Waals surface area contributed by atoms with Gasteiger partial charge in [-0.05, 0) is 30.7 Å². The van der Waals surface area contributed by atoms with Crippen LogP contribution in [0.5, 0.6) is 0 Å². The van der Waals surface area contributed by atoms with Gasteiger partial charge in [-0.1, -0.05) is 5.10 Å². The Balaban J connectivity index is 2.19. The lowest BCUT2D eigenvalue weighted by Crippen LogP contribution is -1.92. The molecular weight excluding hydrogens is 233 g/mol. The number of anilines is 2. The fourth-order valence-corrected chi connectivity index (χ4v) is 1.40. The van der Waals surface area contributed by atoms with E-state index in [0.29, 0.717) is 11.6 Å². The van der Waals surface area contributed by atoms with Crippen molar-refractivity contribution in [3.05, 3.63) is 35.5 Å². The molecule has 0 aliphatic carbocycles. The average molecular weight is 242 g/mol. The molecular formula is C10H9ClFN3O. The zero-order valence-electron chi connectivity index (χ0n) is 8.50. The van der Waals surface area contributed by atoms with E-state index in [1.54, 1.807) is 13.0 Å². The van der Waals surface area contributed by atoms with E-state index in [1.165, 1.54) is 12.1 Å². The molecule has 2 aromatic rings. The van der Waals surface area contributed by atoms with Gasteiger partial charge < -0.3 is 9.73 Å². The summed E-state index contributed by atoms with van der Waals surface area (Å²) in [4.78, 5) is 0. The minimum atomic E-state index is -0.320. The predicted octanol–water partition coefficient (Wildman–Crippen LogP) is 3.00. The first-order valence-corrected chi connectivity index (χ1v) is 5.13. The van der Waals surface area contributed by atoms with Crippen molar-refractivity contribution < 1.29 is 8.81 Å². The van der Waals surface area contributed by atoms with Crippen LogP contribution in [0.25, 0.3) is 0 Å². The molecule has 84 valence electrons. The van der Waals surface area contributed by atoms with Crippen LogP contribution in [0.3, 0.4) is 0 Å². The molecule has 0 amide bonds. The van der Waals surface area contributed by atoms with Crippen LogP contribution in [0, 0.1) is 12.7 Å². The largest absolute Gasteiger partial charge is 0.407 e. The van der Waals surface area contributed by atoms with Gasteiger partial charge in [0.25, 0.3) is 0 Å². The molecule has 0 fully saturated rings. The molecule has 0 unspecified atom stereocenters. The normalized spacial score (nSPS) is 10.4. The third-order valence-corrected chi connectivity index (χ3v) is 2.10. The van der Waals surface area contributed by atoms with Crippen molar-refractivity contribution in [3.8, 4) is 0 Å². The van der Waals surface area contributed by atoms with E-state index < -0.39 is 0 Å². The number of alkyl halides is 1. The Labute approximate surface area is 96.4 Å². The second kappa shape index (κ2) is 4.49. The maximum atomic E-state index is 13.1. The van der Waals surface area contributed by atoms with Crippen LogP contribution in [0.1, 0.15) is 11.5 Å². The van der Waals surface area contributed by atoms with E-state index in [1.807, 2.05) is 0 Å². The third-order valence-electron chi connectivity index (χ3n) is 1.87. The van der Waals surface area contributed by atoms with Crippen LogP contribution >= 0.6 is 11.6 Å². The van der Waals surface area contributed by atoms with Gasteiger partial charge in [0, 0.05) is 5.69 Å². The van der Waals surface area contributed by atoms with Crippen molar-refractivity contribution in [1.82, 2.24) is 10.2 Å². The van der Waals surface area contributed by atoms with Crippen LogP contribution < -0.4 is 5.32 Å². The van der Waals surface area contributed by atoms with Crippen molar-refractivity contribution in [1.29, 1.82) is 0 Å². The Bertz CT molecular complexity index is 480. The Morgan fingerprint density at radius 3 is 2.81 bits per heavy atom. The highest BCUT2D eigenvalue weighted by Gasteiger charge is 2.05. The van der Waals surface area contributed by atoms with Gasteiger partial charge in [0.2, 0.25) is 5.89 Å². The third kappa shape index (κ3) is 2.49. The molecule has 0 spiro atoms. The average Bonchev–Trinajstić information content (AvgIpc) is 2.64. The highest BCUT2D eigenvalue weighted by molar-refractivity contribution is 6.16. The van der Waals surface area contributed by atoms with Crippen molar-refractivity contribution >= 4 is 23.3 Å². The molecule has 4 nitrogen and oxygen atoms in total. The number of hydrogen-bond acceptors (Lipinski definition) is 4. The van der Waals surface area contributed by atoms with Gasteiger partial charge in [0.15, 0.2) is 0 Å². The fourth-order valence-electron chi connectivity index (χ4n) is 1.29. The van der Waals surface area contributed by atoms with Gasteiger partial charge in [-0.2, -0.15) is 0 Å². The van der Waals surface area contributed by atoms with Crippen molar-refractivity contribution in [2.24, 2.45) is 0 Å². The Morgan fingerprint density at radius 1 is 1.38 bits per heavy atom. The molecule has 0 saturated carbocycles. The molecule has 0 saturated heterocycles. The van der Waals surface area contributed by atoms with Gasteiger partial charge in [0.1, 0.15) is 11.7 Å². The van der Waals surface area contributed by atoms with E-state index in [4.69, 9.17) is 16.0 Å². The topological polar surface area (TPSA) is 51.0 Å². The molecule has 0 bridgehead atoms. The minimum absolute atomic E-state index is 0.150. The summed E-state index contributed by atoms with van der Waals surface area (Å²) in [6.07, 6.45) is 0. The van der Waals surface area contributed by atoms with Crippen LogP contribution in [0.4, 0.5) is 16.1 Å². The minimum Gasteiger partial charge on any atom is -0.407 e. The highest BCUT2D eigenvalue weighted by atomic mass is 35.5. The summed E-state index contributed by atoms with van der Waals surface area (Å²) in [5.41, 5.74) is 1.36. The first-order valence-electron chi connectivity index (χ1n) is 4.60. The van der Waals surface area contributed by atoms with E-state index in [0.717, 1.165) is 5.56 Å². The maximum Gasteiger partial charge on any atom is 0.320 e. The van der Waals surface area contributed by atoms with Gasteiger partial charge in [0.05, 0.1) is 0 Å². The maximum absolute atomic E-state index is 13.1. The molecule has 0 aliphatic rings. The molecule has 0 aliphatic heterocycles. The molecule has 0 atom stereocenters. The number of nitrogens with zero attached hydrogens (tertiary/aromatic N) is 2. The summed E-state index contributed by atoms with van der Waals surface area (Å²) < 4.78 is 18.2. The lowest BCUT2D eigenvalue weighted by atomic mass is 10.2. The van der Waals surface area contributed by atoms with Crippen LogP contribution in [-0.4, -0.2) is 10.2 Å². The van der Waals surface area contributed by atoms with Crippen molar-refractivity contribution in [2.75, 3.05) is 5.32 Å². The van der Waals surface area contributed by atoms with Crippen molar-refractivity contribution in [3.63, 3.8) is 0 Å². The Hall–Kier alpha value is -1.62. The first kappa shape index (κ1) is 10.9. The summed E-state index contributed by atoms with van der Waals surface area (Å²) in [5, 5.41) is 10.2. The number of aryl methyl sites for hydroxylation is 1. The first-order chi connectivity index (χ1) is 7.67. The van der Waals surface area contributed by atoms with E-state index >= 15 is 0 Å². The molecule has 16 heavy (non-hydrogen) atoms. The summed E-state index contributed by atoms with van der Waals surface area (Å²) in [6, 6.07) is 4.75. The lowest BCUT2D eigenvalue weighted by Gasteiger charge is -2.02. The smallest absolute Gasteiger partial charge is 0.320 e. The van der Waals surface area contributed by atoms with Crippen LogP contribution in [-0.2, 0) is 5.88 Å². The molecule has 0 radical (unpaired) electrons. The van der Waals surface area contributed by atoms with Gasteiger partial charge in [-0.3, -0.25) is 0 Å². The number of rotatable bonds is 3. The summed E-state index contributed by atoms with van der Waals surface area (Å²) in [5.74, 6) is 0.147. The molecule has 1 aromatic carbocycles. The van der Waals surface area contributed by atoms with E-state index in [2.05, 4.69) is 15.5 Å². The summed E-state index contributed by atoms with van der Waals surface area (Å²) in [7, 11) is 0. The van der Waals surface area contributed by atoms with Gasteiger partial charge in [-0.25, -0.2) is 4.39 Å². The second-order valence-corrected chi connectivity index (χ2v) is 3.54. The molecule has 1 aromatic heterocycles. The second-order valence-electron chi connectivity index (χ2n) is 3.28. The van der Waals surface area contributed by atoms with Gasteiger partial charge in [-0.15, -0.1) is 16.7 Å². The summed E-state index contributed by atoms with van der Waals surface area (Å²) >= 11 is 5.51.